The average Bonchev–Trinajstić information content (AvgIpc) is 2.38. The molecular formula is C12H16N4O2. The smallest absolute Gasteiger partial charge is 0.272 e. The van der Waals surface area contributed by atoms with Gasteiger partial charge in [0.05, 0.1) is 6.10 Å². The molecule has 1 saturated heterocycles. The third-order valence-corrected chi connectivity index (χ3v) is 3.09. The Morgan fingerprint density at radius 3 is 2.78 bits per heavy atom. The lowest BCUT2D eigenvalue weighted by Crippen LogP contribution is -2.40. The molecule has 2 heterocycles. The average molecular weight is 248 g/mol. The van der Waals surface area contributed by atoms with Crippen LogP contribution in [0.2, 0.25) is 0 Å². The Balaban J connectivity index is 2.13. The van der Waals surface area contributed by atoms with E-state index < -0.39 is 0 Å². The highest BCUT2D eigenvalue weighted by molar-refractivity contribution is 5.95. The van der Waals surface area contributed by atoms with Gasteiger partial charge in [0.25, 0.3) is 5.91 Å². The van der Waals surface area contributed by atoms with Gasteiger partial charge in [0.2, 0.25) is 0 Å². The van der Waals surface area contributed by atoms with Crippen LogP contribution >= 0.6 is 0 Å². The molecule has 1 aromatic rings. The van der Waals surface area contributed by atoms with E-state index in [1.165, 1.54) is 12.3 Å². The van der Waals surface area contributed by atoms with Crippen LogP contribution in [0.5, 0.6) is 0 Å². The van der Waals surface area contributed by atoms with Crippen molar-refractivity contribution in [3.8, 4) is 0 Å². The molecule has 0 unspecified atom stereocenters. The van der Waals surface area contributed by atoms with E-state index in [0.29, 0.717) is 37.2 Å². The van der Waals surface area contributed by atoms with E-state index in [4.69, 9.17) is 11.1 Å². The monoisotopic (exact) mass is 248 g/mol. The highest BCUT2D eigenvalue weighted by Crippen LogP contribution is 2.15. The standard InChI is InChI=1S/C12H16N4O2/c13-6-8-7-15-11(5-10(8)14)12(18)16-3-1-9(17)2-4-16/h5-7,9,13,17H,1-4H2,(H2,14,15). The van der Waals surface area contributed by atoms with Gasteiger partial charge in [-0.05, 0) is 18.9 Å². The molecule has 0 atom stereocenters. The molecule has 4 N–H and O–H groups in total. The fourth-order valence-corrected chi connectivity index (χ4v) is 1.95. The number of aliphatic hydroxyl groups excluding tert-OH is 1. The number of nitrogen functional groups attached to an aromatic ring is 1. The van der Waals surface area contributed by atoms with Crippen molar-refractivity contribution in [2.45, 2.75) is 18.9 Å². The molecule has 1 aliphatic rings. The fourth-order valence-electron chi connectivity index (χ4n) is 1.95. The van der Waals surface area contributed by atoms with Crippen molar-refractivity contribution in [1.29, 1.82) is 5.41 Å². The van der Waals surface area contributed by atoms with Crippen LogP contribution in [0, 0.1) is 5.41 Å². The number of pyridine rings is 1. The van der Waals surface area contributed by atoms with Gasteiger partial charge in [-0.15, -0.1) is 0 Å². The number of hydrogen-bond donors (Lipinski definition) is 3. The number of piperidine rings is 1. The zero-order valence-electron chi connectivity index (χ0n) is 9.97. The molecule has 6 heteroatoms. The van der Waals surface area contributed by atoms with Gasteiger partial charge in [-0.25, -0.2) is 0 Å². The molecule has 1 fully saturated rings. The number of anilines is 1. The van der Waals surface area contributed by atoms with E-state index in [2.05, 4.69) is 4.98 Å². The summed E-state index contributed by atoms with van der Waals surface area (Å²) < 4.78 is 0. The molecular weight excluding hydrogens is 232 g/mol. The van der Waals surface area contributed by atoms with Gasteiger partial charge in [-0.3, -0.25) is 9.78 Å². The minimum Gasteiger partial charge on any atom is -0.398 e. The first-order valence-corrected chi connectivity index (χ1v) is 5.85. The van der Waals surface area contributed by atoms with Crippen LogP contribution < -0.4 is 5.73 Å². The van der Waals surface area contributed by atoms with E-state index in [9.17, 15) is 9.90 Å². The van der Waals surface area contributed by atoms with Gasteiger partial charge < -0.3 is 21.1 Å². The van der Waals surface area contributed by atoms with Crippen molar-refractivity contribution in [1.82, 2.24) is 9.88 Å². The number of aromatic nitrogens is 1. The fraction of sp³-hybridized carbons (Fsp3) is 0.417. The van der Waals surface area contributed by atoms with E-state index in [-0.39, 0.29) is 17.7 Å². The van der Waals surface area contributed by atoms with Crippen molar-refractivity contribution >= 4 is 17.8 Å². The molecule has 0 spiro atoms. The Morgan fingerprint density at radius 2 is 2.22 bits per heavy atom. The van der Waals surface area contributed by atoms with Gasteiger partial charge in [0.15, 0.2) is 0 Å². The second-order valence-corrected chi connectivity index (χ2v) is 4.37. The SMILES string of the molecule is N=Cc1cnc(C(=O)N2CCC(O)CC2)cc1N. The van der Waals surface area contributed by atoms with Gasteiger partial charge in [0, 0.05) is 36.8 Å². The van der Waals surface area contributed by atoms with E-state index in [1.54, 1.807) is 4.90 Å². The number of nitrogens with zero attached hydrogens (tertiary/aromatic N) is 2. The Labute approximate surface area is 105 Å². The van der Waals surface area contributed by atoms with Crippen LogP contribution in [0.4, 0.5) is 5.69 Å². The van der Waals surface area contributed by atoms with E-state index in [1.807, 2.05) is 0 Å². The number of rotatable bonds is 2. The number of amides is 1. The van der Waals surface area contributed by atoms with Crippen LogP contribution in [0.3, 0.4) is 0 Å². The van der Waals surface area contributed by atoms with Crippen LogP contribution in [-0.4, -0.2) is 46.3 Å². The zero-order valence-corrected chi connectivity index (χ0v) is 9.97. The van der Waals surface area contributed by atoms with E-state index in [0.717, 1.165) is 6.21 Å². The molecule has 2 rings (SSSR count). The number of nitrogens with two attached hydrogens (primary N) is 1. The predicted octanol–water partition coefficient (Wildman–Crippen LogP) is 0.258. The second-order valence-electron chi connectivity index (χ2n) is 4.37. The number of carbonyl (C=O) groups is 1. The summed E-state index contributed by atoms with van der Waals surface area (Å²) in [5, 5.41) is 16.5. The maximum Gasteiger partial charge on any atom is 0.272 e. The zero-order chi connectivity index (χ0) is 13.1. The summed E-state index contributed by atoms with van der Waals surface area (Å²) in [7, 11) is 0. The first-order valence-electron chi connectivity index (χ1n) is 5.85. The molecule has 0 saturated carbocycles. The summed E-state index contributed by atoms with van der Waals surface area (Å²) in [5.41, 5.74) is 6.88. The largest absolute Gasteiger partial charge is 0.398 e. The Hall–Kier alpha value is -1.95. The number of hydrogen-bond acceptors (Lipinski definition) is 5. The number of aliphatic hydroxyl groups is 1. The number of nitrogens with one attached hydrogen (secondary N) is 1. The molecule has 6 nitrogen and oxygen atoms in total. The molecule has 18 heavy (non-hydrogen) atoms. The van der Waals surface area contributed by atoms with Crippen molar-refractivity contribution in [3.05, 3.63) is 23.5 Å². The maximum absolute atomic E-state index is 12.1. The molecule has 96 valence electrons. The minimum atomic E-state index is -0.313. The third kappa shape index (κ3) is 2.48. The molecule has 1 amide bonds. The predicted molar refractivity (Wildman–Crippen MR) is 67.7 cm³/mol. The first kappa shape index (κ1) is 12.5. The van der Waals surface area contributed by atoms with Crippen LogP contribution in [0.25, 0.3) is 0 Å². The molecule has 0 bridgehead atoms. The second kappa shape index (κ2) is 5.14. The first-order chi connectivity index (χ1) is 8.61. The molecule has 1 aromatic heterocycles. The van der Waals surface area contributed by atoms with Crippen molar-refractivity contribution in [2.24, 2.45) is 0 Å². The van der Waals surface area contributed by atoms with Crippen molar-refractivity contribution in [2.75, 3.05) is 18.8 Å². The van der Waals surface area contributed by atoms with Gasteiger partial charge in [0.1, 0.15) is 5.69 Å². The molecule has 0 aliphatic carbocycles. The van der Waals surface area contributed by atoms with Crippen molar-refractivity contribution < 1.29 is 9.90 Å². The number of carbonyl (C=O) groups excluding carboxylic acids is 1. The Bertz CT molecular complexity index is 467. The van der Waals surface area contributed by atoms with Crippen LogP contribution in [0.15, 0.2) is 12.3 Å². The minimum absolute atomic E-state index is 0.176. The van der Waals surface area contributed by atoms with Crippen molar-refractivity contribution in [3.63, 3.8) is 0 Å². The van der Waals surface area contributed by atoms with Crippen LogP contribution in [-0.2, 0) is 0 Å². The van der Waals surface area contributed by atoms with E-state index >= 15 is 0 Å². The summed E-state index contributed by atoms with van der Waals surface area (Å²) in [6.45, 7) is 1.07. The molecule has 0 aromatic carbocycles. The third-order valence-electron chi connectivity index (χ3n) is 3.09. The quantitative estimate of drug-likeness (QED) is 0.653. The lowest BCUT2D eigenvalue weighted by atomic mass is 10.1. The normalized spacial score (nSPS) is 16.6. The summed E-state index contributed by atoms with van der Waals surface area (Å²) in [6.07, 6.45) is 3.41. The molecule has 1 aliphatic heterocycles. The summed E-state index contributed by atoms with van der Waals surface area (Å²) in [5.74, 6) is -0.176. The topological polar surface area (TPSA) is 103 Å². The highest BCUT2D eigenvalue weighted by atomic mass is 16.3. The lowest BCUT2D eigenvalue weighted by molar-refractivity contribution is 0.0541. The number of likely N-dealkylation sites (tertiary alicyclic amines) is 1. The summed E-state index contributed by atoms with van der Waals surface area (Å²) in [4.78, 5) is 17.8. The highest BCUT2D eigenvalue weighted by Gasteiger charge is 2.23. The summed E-state index contributed by atoms with van der Waals surface area (Å²) in [6, 6.07) is 1.49. The van der Waals surface area contributed by atoms with Gasteiger partial charge in [-0.1, -0.05) is 0 Å². The van der Waals surface area contributed by atoms with Crippen LogP contribution in [0.1, 0.15) is 28.9 Å². The van der Waals surface area contributed by atoms with Gasteiger partial charge >= 0.3 is 0 Å². The van der Waals surface area contributed by atoms with Gasteiger partial charge in [-0.2, -0.15) is 0 Å². The molecule has 0 radical (unpaired) electrons. The Morgan fingerprint density at radius 1 is 1.56 bits per heavy atom. The Kier molecular flexibility index (Phi) is 3.57. The summed E-state index contributed by atoms with van der Waals surface area (Å²) >= 11 is 0. The maximum atomic E-state index is 12.1. The lowest BCUT2D eigenvalue weighted by Gasteiger charge is -2.29.